The summed E-state index contributed by atoms with van der Waals surface area (Å²) in [6.07, 6.45) is 6.20. The fourth-order valence-corrected chi connectivity index (χ4v) is 10.3. The van der Waals surface area contributed by atoms with Gasteiger partial charge in [-0.05, 0) is 93.1 Å². The van der Waals surface area contributed by atoms with Crippen LogP contribution in [0.1, 0.15) is 17.0 Å². The van der Waals surface area contributed by atoms with Crippen LogP contribution in [-0.4, -0.2) is 19.5 Å². The number of fused-ring (bicyclic) bond motifs is 7. The number of aromatic nitrogens is 4. The van der Waals surface area contributed by atoms with Gasteiger partial charge in [-0.2, -0.15) is 0 Å². The van der Waals surface area contributed by atoms with Crippen molar-refractivity contribution in [3.63, 3.8) is 0 Å². The molecule has 0 aliphatic rings. The van der Waals surface area contributed by atoms with E-state index in [9.17, 15) is 0 Å². The normalized spacial score (nSPS) is 11.9. The van der Waals surface area contributed by atoms with Crippen LogP contribution in [0, 0.1) is 0 Å². The van der Waals surface area contributed by atoms with Gasteiger partial charge in [-0.15, -0.1) is 0 Å². The molecule has 0 saturated heterocycles. The maximum atomic E-state index is 6.50. The Morgan fingerprint density at radius 2 is 0.919 bits per heavy atom. The minimum absolute atomic E-state index is 0.523. The van der Waals surface area contributed by atoms with Crippen LogP contribution in [0.4, 0.5) is 0 Å². The largest absolute Gasteiger partial charge is 0.456 e. The zero-order valence-corrected chi connectivity index (χ0v) is 40.3. The Morgan fingerprint density at radius 3 is 1.57 bits per heavy atom. The van der Waals surface area contributed by atoms with Crippen LogP contribution in [0.15, 0.2) is 272 Å². The van der Waals surface area contributed by atoms with Crippen molar-refractivity contribution in [1.29, 1.82) is 0 Å². The Balaban J connectivity index is 1.06. The summed E-state index contributed by atoms with van der Waals surface area (Å²) >= 11 is 0. The summed E-state index contributed by atoms with van der Waals surface area (Å²) in [6.45, 7) is 4.47. The SMILES string of the molecule is C=C(/C=C(\C=C\c1nc(-c2ccc(-c3ccccc3)cc2)nc(-c2cc(-c3ccccc3)c(-n3c4ccccc4c4c5c(ccc43)oc3ccccc35)c(-c3ccccc3)c2)n1)c1ccccc1)c1ccccc1. The standard InChI is InChI=1S/C69H46N4O/c1-46(47-21-7-2-8-22-47)43-54(49-25-11-4-12-26-49)39-42-64-70-68(53-37-35-50(36-38-53)48-23-9-3-10-24-48)72-69(71-64)55-44-58(51-27-13-5-14-28-51)67(59(45-55)52-29-15-6-16-30-52)73-60-33-19-17-31-56(60)65-61(73)40-41-63-66(65)57-32-18-20-34-62(57)74-63/h2-45H,1H2/b42-39+,54-43+. The lowest BCUT2D eigenvalue weighted by molar-refractivity contribution is 0.669. The van der Waals surface area contributed by atoms with Crippen molar-refractivity contribution in [3.05, 3.63) is 284 Å². The third-order valence-electron chi connectivity index (χ3n) is 13.8. The topological polar surface area (TPSA) is 56.7 Å². The summed E-state index contributed by atoms with van der Waals surface area (Å²) in [5.41, 5.74) is 17.1. The van der Waals surface area contributed by atoms with E-state index >= 15 is 0 Å². The molecule has 0 N–H and O–H groups in total. The van der Waals surface area contributed by atoms with Crippen LogP contribution in [0.3, 0.4) is 0 Å². The number of allylic oxidation sites excluding steroid dienone is 4. The third kappa shape index (κ3) is 8.18. The monoisotopic (exact) mass is 946 g/mol. The molecule has 348 valence electrons. The van der Waals surface area contributed by atoms with Crippen LogP contribution in [0.2, 0.25) is 0 Å². The van der Waals surface area contributed by atoms with E-state index < -0.39 is 0 Å². The molecule has 13 rings (SSSR count). The van der Waals surface area contributed by atoms with Crippen molar-refractivity contribution in [2.45, 2.75) is 0 Å². The molecule has 13 aromatic rings. The van der Waals surface area contributed by atoms with Gasteiger partial charge in [0.2, 0.25) is 0 Å². The molecule has 0 unspecified atom stereocenters. The summed E-state index contributed by atoms with van der Waals surface area (Å²) in [4.78, 5) is 15.9. The van der Waals surface area contributed by atoms with Crippen LogP contribution < -0.4 is 0 Å². The Labute approximate surface area is 429 Å². The van der Waals surface area contributed by atoms with Crippen molar-refractivity contribution >= 4 is 61.0 Å². The van der Waals surface area contributed by atoms with Gasteiger partial charge in [0.15, 0.2) is 17.5 Å². The average molecular weight is 947 g/mol. The molecule has 10 aromatic carbocycles. The van der Waals surface area contributed by atoms with Gasteiger partial charge in [-0.3, -0.25) is 0 Å². The summed E-state index contributed by atoms with van der Waals surface area (Å²) in [7, 11) is 0. The molecule has 0 saturated carbocycles. The first-order chi connectivity index (χ1) is 36.6. The summed E-state index contributed by atoms with van der Waals surface area (Å²) < 4.78 is 8.95. The van der Waals surface area contributed by atoms with Crippen molar-refractivity contribution in [2.24, 2.45) is 0 Å². The van der Waals surface area contributed by atoms with Gasteiger partial charge >= 0.3 is 0 Å². The average Bonchev–Trinajstić information content (AvgIpc) is 4.05. The number of furan rings is 1. The lowest BCUT2D eigenvalue weighted by Crippen LogP contribution is -2.04. The number of nitrogens with zero attached hydrogens (tertiary/aromatic N) is 4. The first-order valence-electron chi connectivity index (χ1n) is 24.9. The molecule has 0 aliphatic heterocycles. The number of hydrogen-bond acceptors (Lipinski definition) is 4. The highest BCUT2D eigenvalue weighted by molar-refractivity contribution is 6.27. The second kappa shape index (κ2) is 19.0. The second-order valence-corrected chi connectivity index (χ2v) is 18.4. The van der Waals surface area contributed by atoms with E-state index in [0.717, 1.165) is 116 Å². The highest BCUT2D eigenvalue weighted by atomic mass is 16.3. The summed E-state index contributed by atoms with van der Waals surface area (Å²) in [5, 5.41) is 4.50. The van der Waals surface area contributed by atoms with Crippen LogP contribution in [0.5, 0.6) is 0 Å². The van der Waals surface area contributed by atoms with Gasteiger partial charge in [0, 0.05) is 43.8 Å². The van der Waals surface area contributed by atoms with E-state index in [2.05, 4.69) is 236 Å². The predicted molar refractivity (Wildman–Crippen MR) is 308 cm³/mol. The van der Waals surface area contributed by atoms with Crippen LogP contribution in [-0.2, 0) is 0 Å². The third-order valence-corrected chi connectivity index (χ3v) is 13.8. The van der Waals surface area contributed by atoms with E-state index in [1.807, 2.05) is 42.5 Å². The Morgan fingerprint density at radius 1 is 0.405 bits per heavy atom. The molecule has 0 radical (unpaired) electrons. The quantitative estimate of drug-likeness (QED) is 0.121. The van der Waals surface area contributed by atoms with E-state index in [1.165, 1.54) is 0 Å². The molecule has 3 aromatic heterocycles. The van der Waals surface area contributed by atoms with Crippen LogP contribution in [0.25, 0.3) is 123 Å². The molecular weight excluding hydrogens is 901 g/mol. The molecule has 0 aliphatic carbocycles. The Hall–Kier alpha value is -9.97. The molecule has 74 heavy (non-hydrogen) atoms. The molecule has 0 fully saturated rings. The Bertz CT molecular complexity index is 4210. The van der Waals surface area contributed by atoms with Crippen molar-refractivity contribution in [1.82, 2.24) is 19.5 Å². The molecular formula is C69H46N4O. The van der Waals surface area contributed by atoms with Gasteiger partial charge in [0.05, 0.1) is 16.7 Å². The minimum atomic E-state index is 0.523. The van der Waals surface area contributed by atoms with Gasteiger partial charge in [0.1, 0.15) is 11.2 Å². The van der Waals surface area contributed by atoms with Crippen LogP contribution >= 0.6 is 0 Å². The molecule has 0 spiro atoms. The molecule has 3 heterocycles. The lowest BCUT2D eigenvalue weighted by atomic mass is 9.92. The zero-order valence-electron chi connectivity index (χ0n) is 40.3. The number of rotatable bonds is 11. The number of hydrogen-bond donors (Lipinski definition) is 0. The summed E-state index contributed by atoms with van der Waals surface area (Å²) in [6, 6.07) is 86.7. The number of benzene rings is 10. The Kier molecular flexibility index (Phi) is 11.3. The molecule has 0 amide bonds. The number of para-hydroxylation sites is 2. The highest BCUT2D eigenvalue weighted by Gasteiger charge is 2.25. The summed E-state index contributed by atoms with van der Waals surface area (Å²) in [5.74, 6) is 1.64. The minimum Gasteiger partial charge on any atom is -0.456 e. The van der Waals surface area contributed by atoms with E-state index in [0.29, 0.717) is 17.5 Å². The second-order valence-electron chi connectivity index (χ2n) is 18.4. The fraction of sp³-hybridized carbons (Fsp3) is 0. The van der Waals surface area contributed by atoms with Crippen molar-refractivity contribution < 1.29 is 4.42 Å². The maximum Gasteiger partial charge on any atom is 0.164 e. The van der Waals surface area contributed by atoms with E-state index in [4.69, 9.17) is 19.4 Å². The van der Waals surface area contributed by atoms with Gasteiger partial charge in [0.25, 0.3) is 0 Å². The van der Waals surface area contributed by atoms with E-state index in [1.54, 1.807) is 0 Å². The van der Waals surface area contributed by atoms with Gasteiger partial charge in [-0.25, -0.2) is 15.0 Å². The molecule has 0 bridgehead atoms. The molecule has 5 heteroatoms. The van der Waals surface area contributed by atoms with Crippen molar-refractivity contribution in [2.75, 3.05) is 0 Å². The first kappa shape index (κ1) is 44.0. The van der Waals surface area contributed by atoms with E-state index in [-0.39, 0.29) is 0 Å². The highest BCUT2D eigenvalue weighted by Crippen LogP contribution is 2.46. The molecule has 0 atom stereocenters. The van der Waals surface area contributed by atoms with Gasteiger partial charge < -0.3 is 8.98 Å². The smallest absolute Gasteiger partial charge is 0.164 e. The lowest BCUT2D eigenvalue weighted by Gasteiger charge is -2.21. The van der Waals surface area contributed by atoms with Crippen molar-refractivity contribution in [3.8, 4) is 61.8 Å². The first-order valence-corrected chi connectivity index (χ1v) is 24.9. The van der Waals surface area contributed by atoms with Gasteiger partial charge in [-0.1, -0.05) is 225 Å². The zero-order chi connectivity index (χ0) is 49.4. The fourth-order valence-electron chi connectivity index (χ4n) is 10.3. The maximum absolute atomic E-state index is 6.50. The predicted octanol–water partition coefficient (Wildman–Crippen LogP) is 18.0. The molecule has 5 nitrogen and oxygen atoms in total.